The summed E-state index contributed by atoms with van der Waals surface area (Å²) in [5.41, 5.74) is 2.28. The van der Waals surface area contributed by atoms with E-state index in [9.17, 15) is 0 Å². The molecule has 0 saturated heterocycles. The molecule has 0 radical (unpaired) electrons. The van der Waals surface area contributed by atoms with Gasteiger partial charge >= 0.3 is 0 Å². The molecule has 0 aliphatic carbocycles. The van der Waals surface area contributed by atoms with E-state index in [1.807, 2.05) is 33.2 Å². The number of nitrogens with one attached hydrogen (secondary N) is 2. The number of oxazole rings is 1. The fourth-order valence-corrected chi connectivity index (χ4v) is 3.06. The van der Waals surface area contributed by atoms with Gasteiger partial charge in [0.15, 0.2) is 5.96 Å². The van der Waals surface area contributed by atoms with Gasteiger partial charge in [0.05, 0.1) is 12.2 Å². The lowest BCUT2D eigenvalue weighted by molar-refractivity contribution is 0.463. The molecule has 2 aromatic heterocycles. The third kappa shape index (κ3) is 6.20. The Bertz CT molecular complexity index is 893. The summed E-state index contributed by atoms with van der Waals surface area (Å²) in [5, 5.41) is 6.52. The number of hydrogen-bond acceptors (Lipinski definition) is 4. The molecule has 0 atom stereocenters. The average Bonchev–Trinajstić information content (AvgIpc) is 3.30. The molecule has 1 aromatic carbocycles. The van der Waals surface area contributed by atoms with E-state index in [1.165, 1.54) is 5.56 Å². The van der Waals surface area contributed by atoms with Gasteiger partial charge in [-0.2, -0.15) is 0 Å². The van der Waals surface area contributed by atoms with Crippen molar-refractivity contribution in [1.29, 1.82) is 0 Å². The van der Waals surface area contributed by atoms with Crippen molar-refractivity contribution in [2.75, 3.05) is 6.54 Å². The Morgan fingerprint density at radius 2 is 2.00 bits per heavy atom. The first kappa shape index (κ1) is 20.6. The van der Waals surface area contributed by atoms with Crippen LogP contribution < -0.4 is 10.6 Å². The highest BCUT2D eigenvalue weighted by molar-refractivity contribution is 5.79. The molecule has 0 unspecified atom stereocenters. The second kappa shape index (κ2) is 10.5. The number of guanidine groups is 1. The molecule has 0 aliphatic heterocycles. The number of benzene rings is 1. The molecule has 0 fully saturated rings. The minimum Gasteiger partial charge on any atom is -0.444 e. The quantitative estimate of drug-likeness (QED) is 0.430. The molecule has 154 valence electrons. The van der Waals surface area contributed by atoms with Crippen molar-refractivity contribution in [3.8, 4) is 0 Å². The SMILES string of the molecule is CCNC(=NCc1nccn1CCCc1ccccc1)NCc1nc(C)c(C)o1. The van der Waals surface area contributed by atoms with Gasteiger partial charge in [0.1, 0.15) is 18.1 Å². The molecule has 2 N–H and O–H groups in total. The van der Waals surface area contributed by atoms with Gasteiger partial charge in [-0.25, -0.2) is 15.0 Å². The van der Waals surface area contributed by atoms with Crippen molar-refractivity contribution >= 4 is 5.96 Å². The van der Waals surface area contributed by atoms with Crippen molar-refractivity contribution in [3.05, 3.63) is 71.5 Å². The van der Waals surface area contributed by atoms with Crippen molar-refractivity contribution in [2.45, 2.75) is 53.2 Å². The number of hydrogen-bond donors (Lipinski definition) is 2. The van der Waals surface area contributed by atoms with Crippen molar-refractivity contribution in [1.82, 2.24) is 25.2 Å². The van der Waals surface area contributed by atoms with Crippen molar-refractivity contribution in [3.63, 3.8) is 0 Å². The van der Waals surface area contributed by atoms with Crippen LogP contribution in [0, 0.1) is 13.8 Å². The van der Waals surface area contributed by atoms with Gasteiger partial charge in [-0.1, -0.05) is 30.3 Å². The second-order valence-corrected chi connectivity index (χ2v) is 6.92. The third-order valence-corrected chi connectivity index (χ3v) is 4.71. The van der Waals surface area contributed by atoms with Gasteiger partial charge in [-0.3, -0.25) is 0 Å². The highest BCUT2D eigenvalue weighted by atomic mass is 16.4. The van der Waals surface area contributed by atoms with E-state index in [4.69, 9.17) is 4.42 Å². The van der Waals surface area contributed by atoms with E-state index in [1.54, 1.807) is 0 Å². The molecule has 29 heavy (non-hydrogen) atoms. The molecule has 2 heterocycles. The third-order valence-electron chi connectivity index (χ3n) is 4.71. The van der Waals surface area contributed by atoms with Crippen LogP contribution in [0.25, 0.3) is 0 Å². The number of imidazole rings is 1. The number of aromatic nitrogens is 3. The fraction of sp³-hybridized carbons (Fsp3) is 0.409. The Morgan fingerprint density at radius 3 is 2.72 bits per heavy atom. The summed E-state index contributed by atoms with van der Waals surface area (Å²) in [6.45, 7) is 8.62. The maximum Gasteiger partial charge on any atom is 0.214 e. The molecular formula is C22H30N6O. The Kier molecular flexibility index (Phi) is 7.44. The zero-order chi connectivity index (χ0) is 20.5. The van der Waals surface area contributed by atoms with Crippen molar-refractivity contribution in [2.24, 2.45) is 4.99 Å². The van der Waals surface area contributed by atoms with E-state index in [0.717, 1.165) is 49.2 Å². The molecule has 0 spiro atoms. The number of aryl methyl sites for hydroxylation is 4. The summed E-state index contributed by atoms with van der Waals surface area (Å²) in [6.07, 6.45) is 5.99. The summed E-state index contributed by atoms with van der Waals surface area (Å²) >= 11 is 0. The predicted molar refractivity (Wildman–Crippen MR) is 115 cm³/mol. The molecule has 0 aliphatic rings. The Labute approximate surface area is 172 Å². The van der Waals surface area contributed by atoms with E-state index < -0.39 is 0 Å². The molecule has 7 heteroatoms. The minimum atomic E-state index is 0.492. The van der Waals surface area contributed by atoms with E-state index in [2.05, 4.69) is 60.5 Å². The van der Waals surface area contributed by atoms with Crippen LogP contribution in [0.4, 0.5) is 0 Å². The Morgan fingerprint density at radius 1 is 1.17 bits per heavy atom. The van der Waals surface area contributed by atoms with Crippen LogP contribution in [0.15, 0.2) is 52.1 Å². The van der Waals surface area contributed by atoms with E-state index in [-0.39, 0.29) is 0 Å². The van der Waals surface area contributed by atoms with Gasteiger partial charge in [-0.05, 0) is 39.2 Å². The molecule has 0 bridgehead atoms. The van der Waals surface area contributed by atoms with Gasteiger partial charge < -0.3 is 19.6 Å². The molecular weight excluding hydrogens is 364 g/mol. The number of rotatable bonds is 9. The van der Waals surface area contributed by atoms with Crippen LogP contribution in [-0.2, 0) is 26.1 Å². The first-order chi connectivity index (χ1) is 14.2. The van der Waals surface area contributed by atoms with E-state index in [0.29, 0.717) is 19.0 Å². The zero-order valence-electron chi connectivity index (χ0n) is 17.5. The van der Waals surface area contributed by atoms with Gasteiger partial charge in [0, 0.05) is 25.5 Å². The Balaban J connectivity index is 1.54. The maximum atomic E-state index is 5.62. The van der Waals surface area contributed by atoms with Crippen LogP contribution in [-0.4, -0.2) is 27.0 Å². The first-order valence-electron chi connectivity index (χ1n) is 10.1. The lowest BCUT2D eigenvalue weighted by atomic mass is 10.1. The minimum absolute atomic E-state index is 0.492. The number of aliphatic imine (C=N–C) groups is 1. The van der Waals surface area contributed by atoms with Crippen LogP contribution >= 0.6 is 0 Å². The monoisotopic (exact) mass is 394 g/mol. The highest BCUT2D eigenvalue weighted by Gasteiger charge is 2.07. The molecule has 3 aromatic rings. The lowest BCUT2D eigenvalue weighted by Crippen LogP contribution is -2.37. The molecule has 7 nitrogen and oxygen atoms in total. The summed E-state index contributed by atoms with van der Waals surface area (Å²) in [6, 6.07) is 10.6. The first-order valence-corrected chi connectivity index (χ1v) is 10.1. The summed E-state index contributed by atoms with van der Waals surface area (Å²) in [4.78, 5) is 13.5. The smallest absolute Gasteiger partial charge is 0.214 e. The fourth-order valence-electron chi connectivity index (χ4n) is 3.06. The Hall–Kier alpha value is -3.09. The van der Waals surface area contributed by atoms with E-state index >= 15 is 0 Å². The molecule has 0 amide bonds. The molecule has 3 rings (SSSR count). The van der Waals surface area contributed by atoms with Crippen LogP contribution in [0.5, 0.6) is 0 Å². The van der Waals surface area contributed by atoms with Crippen LogP contribution in [0.3, 0.4) is 0 Å². The normalized spacial score (nSPS) is 11.6. The summed E-state index contributed by atoms with van der Waals surface area (Å²) in [7, 11) is 0. The summed E-state index contributed by atoms with van der Waals surface area (Å²) in [5.74, 6) is 3.19. The second-order valence-electron chi connectivity index (χ2n) is 6.92. The average molecular weight is 395 g/mol. The topological polar surface area (TPSA) is 80.3 Å². The predicted octanol–water partition coefficient (Wildman–Crippen LogP) is 3.38. The standard InChI is InChI=1S/C22H30N6O/c1-4-23-22(26-16-21-27-17(2)18(3)29-21)25-15-20-24-12-14-28(20)13-8-11-19-9-6-5-7-10-19/h5-7,9-10,12,14H,4,8,11,13,15-16H2,1-3H3,(H2,23,25,26). The van der Waals surface area contributed by atoms with Crippen molar-refractivity contribution < 1.29 is 4.42 Å². The highest BCUT2D eigenvalue weighted by Crippen LogP contribution is 2.08. The number of nitrogens with zero attached hydrogens (tertiary/aromatic N) is 4. The largest absolute Gasteiger partial charge is 0.444 e. The van der Waals surface area contributed by atoms with Gasteiger partial charge in [0.2, 0.25) is 5.89 Å². The zero-order valence-corrected chi connectivity index (χ0v) is 17.5. The van der Waals surface area contributed by atoms with Crippen LogP contribution in [0.1, 0.15) is 42.1 Å². The lowest BCUT2D eigenvalue weighted by Gasteiger charge is -2.10. The van der Waals surface area contributed by atoms with Gasteiger partial charge in [-0.15, -0.1) is 0 Å². The van der Waals surface area contributed by atoms with Gasteiger partial charge in [0.25, 0.3) is 0 Å². The van der Waals surface area contributed by atoms with Crippen LogP contribution in [0.2, 0.25) is 0 Å². The maximum absolute atomic E-state index is 5.62. The summed E-state index contributed by atoms with van der Waals surface area (Å²) < 4.78 is 7.80. The molecule has 0 saturated carbocycles.